The Morgan fingerprint density at radius 2 is 1.90 bits per heavy atom. The van der Waals surface area contributed by atoms with Crippen LogP contribution < -0.4 is 10.1 Å². The van der Waals surface area contributed by atoms with Crippen LogP contribution in [0.15, 0.2) is 24.3 Å². The molecular weight excluding hydrogens is 272 g/mol. The lowest BCUT2D eigenvalue weighted by atomic mass is 9.79. The van der Waals surface area contributed by atoms with Gasteiger partial charge in [0.15, 0.2) is 0 Å². The first-order chi connectivity index (χ1) is 9.97. The summed E-state index contributed by atoms with van der Waals surface area (Å²) in [7, 11) is 0. The van der Waals surface area contributed by atoms with Crippen molar-refractivity contribution in [2.45, 2.75) is 58.7 Å². The van der Waals surface area contributed by atoms with Crippen LogP contribution in [-0.4, -0.2) is 12.7 Å². The molecule has 4 unspecified atom stereocenters. The zero-order valence-electron chi connectivity index (χ0n) is 13.0. The minimum absolute atomic E-state index is 0.000746. The van der Waals surface area contributed by atoms with Crippen LogP contribution in [0, 0.1) is 11.8 Å². The summed E-state index contributed by atoms with van der Waals surface area (Å²) in [6.45, 7) is 3.79. The third kappa shape index (κ3) is 4.40. The molecule has 1 aromatic rings. The molecule has 1 aliphatic rings. The van der Waals surface area contributed by atoms with Crippen molar-refractivity contribution < 1.29 is 13.5 Å². The van der Waals surface area contributed by atoms with Crippen LogP contribution in [0.2, 0.25) is 0 Å². The first-order valence-electron chi connectivity index (χ1n) is 7.77. The van der Waals surface area contributed by atoms with Crippen LogP contribution in [0.3, 0.4) is 0 Å². The topological polar surface area (TPSA) is 21.3 Å². The fraction of sp³-hybridized carbons (Fsp3) is 0.647. The minimum Gasteiger partial charge on any atom is -0.434 e. The fourth-order valence-electron chi connectivity index (χ4n) is 3.37. The van der Waals surface area contributed by atoms with Gasteiger partial charge in [-0.2, -0.15) is 8.78 Å². The average Bonchev–Trinajstić information content (AvgIpc) is 2.42. The van der Waals surface area contributed by atoms with Gasteiger partial charge in [-0.25, -0.2) is 0 Å². The lowest BCUT2D eigenvalue weighted by Gasteiger charge is -2.35. The second-order valence-electron chi connectivity index (χ2n) is 6.31. The number of hydrogen-bond donors (Lipinski definition) is 1. The Balaban J connectivity index is 2.04. The lowest BCUT2D eigenvalue weighted by molar-refractivity contribution is -0.0507. The van der Waals surface area contributed by atoms with E-state index in [9.17, 15) is 8.78 Å². The zero-order valence-corrected chi connectivity index (χ0v) is 13.0. The van der Waals surface area contributed by atoms with Gasteiger partial charge in [-0.1, -0.05) is 32.0 Å². The molecule has 4 heteroatoms. The summed E-state index contributed by atoms with van der Waals surface area (Å²) in [5.41, 5.74) is 0.795. The van der Waals surface area contributed by atoms with Crippen molar-refractivity contribution >= 4 is 0 Å². The van der Waals surface area contributed by atoms with Gasteiger partial charge in [-0.05, 0) is 44.1 Å². The molecule has 0 spiro atoms. The van der Waals surface area contributed by atoms with E-state index < -0.39 is 6.61 Å². The van der Waals surface area contributed by atoms with Crippen molar-refractivity contribution in [1.82, 2.24) is 5.32 Å². The summed E-state index contributed by atoms with van der Waals surface area (Å²) in [5, 5.41) is 3.59. The number of para-hydroxylation sites is 1. The van der Waals surface area contributed by atoms with Crippen LogP contribution in [0.4, 0.5) is 8.78 Å². The molecular formula is C17H25F2NO. The predicted octanol–water partition coefficient (Wildman–Crippen LogP) is 4.76. The molecule has 1 aromatic carbocycles. The third-order valence-electron chi connectivity index (χ3n) is 4.50. The van der Waals surface area contributed by atoms with Crippen LogP contribution >= 0.6 is 0 Å². The Hall–Kier alpha value is -1.16. The molecule has 0 aliphatic heterocycles. The molecule has 0 amide bonds. The summed E-state index contributed by atoms with van der Waals surface area (Å²) in [4.78, 5) is 0. The number of rotatable bonds is 5. The molecule has 118 valence electrons. The van der Waals surface area contributed by atoms with Gasteiger partial charge < -0.3 is 10.1 Å². The molecule has 0 heterocycles. The number of ether oxygens (including phenoxy) is 1. The quantitative estimate of drug-likeness (QED) is 0.845. The van der Waals surface area contributed by atoms with E-state index in [1.807, 2.05) is 19.1 Å². The van der Waals surface area contributed by atoms with Crippen molar-refractivity contribution in [1.29, 1.82) is 0 Å². The normalized spacial score (nSPS) is 27.6. The highest BCUT2D eigenvalue weighted by atomic mass is 19.3. The Bertz CT molecular complexity index is 452. The highest BCUT2D eigenvalue weighted by Gasteiger charge is 2.27. The highest BCUT2D eigenvalue weighted by Crippen LogP contribution is 2.32. The van der Waals surface area contributed by atoms with E-state index >= 15 is 0 Å². The highest BCUT2D eigenvalue weighted by molar-refractivity contribution is 5.35. The summed E-state index contributed by atoms with van der Waals surface area (Å²) in [6, 6.07) is 7.48. The molecule has 0 aromatic heterocycles. The zero-order chi connectivity index (χ0) is 15.4. The van der Waals surface area contributed by atoms with Crippen LogP contribution in [-0.2, 0) is 0 Å². The molecule has 0 bridgehead atoms. The molecule has 4 atom stereocenters. The first-order valence-corrected chi connectivity index (χ1v) is 7.77. The minimum atomic E-state index is -2.78. The van der Waals surface area contributed by atoms with E-state index in [2.05, 4.69) is 23.9 Å². The fourth-order valence-corrected chi connectivity index (χ4v) is 3.37. The summed E-state index contributed by atoms with van der Waals surface area (Å²) < 4.78 is 29.6. The van der Waals surface area contributed by atoms with Gasteiger partial charge in [0, 0.05) is 17.6 Å². The Labute approximate surface area is 125 Å². The van der Waals surface area contributed by atoms with Gasteiger partial charge in [-0.3, -0.25) is 0 Å². The van der Waals surface area contributed by atoms with Crippen LogP contribution in [0.5, 0.6) is 5.75 Å². The monoisotopic (exact) mass is 297 g/mol. The molecule has 1 N–H and O–H groups in total. The molecule has 1 saturated carbocycles. The van der Waals surface area contributed by atoms with Gasteiger partial charge in [0.1, 0.15) is 5.75 Å². The number of benzene rings is 1. The first kappa shape index (κ1) is 16.2. The predicted molar refractivity (Wildman–Crippen MR) is 80.6 cm³/mol. The SMILES string of the molecule is CC1CCC(NC(C)c2ccccc2OC(F)F)C(C)C1. The van der Waals surface area contributed by atoms with Crippen molar-refractivity contribution in [2.75, 3.05) is 0 Å². The van der Waals surface area contributed by atoms with Gasteiger partial charge in [-0.15, -0.1) is 0 Å². The lowest BCUT2D eigenvalue weighted by Crippen LogP contribution is -2.40. The van der Waals surface area contributed by atoms with Gasteiger partial charge in [0.2, 0.25) is 0 Å². The molecule has 1 fully saturated rings. The molecule has 0 saturated heterocycles. The van der Waals surface area contributed by atoms with Crippen molar-refractivity contribution in [3.63, 3.8) is 0 Å². The Morgan fingerprint density at radius 1 is 1.19 bits per heavy atom. The Morgan fingerprint density at radius 3 is 2.57 bits per heavy atom. The molecule has 2 nitrogen and oxygen atoms in total. The van der Waals surface area contributed by atoms with E-state index in [1.54, 1.807) is 12.1 Å². The number of halogens is 2. The average molecular weight is 297 g/mol. The molecule has 21 heavy (non-hydrogen) atoms. The largest absolute Gasteiger partial charge is 0.434 e. The standard InChI is InChI=1S/C17H25F2NO/c1-11-8-9-15(12(2)10-11)20-13(3)14-6-4-5-7-16(14)21-17(18)19/h4-7,11-13,15,17,20H,8-10H2,1-3H3. The summed E-state index contributed by atoms with van der Waals surface area (Å²) >= 11 is 0. The van der Waals surface area contributed by atoms with Crippen molar-refractivity contribution in [3.8, 4) is 5.75 Å². The molecule has 0 radical (unpaired) electrons. The third-order valence-corrected chi connectivity index (χ3v) is 4.50. The van der Waals surface area contributed by atoms with E-state index in [0.29, 0.717) is 12.0 Å². The van der Waals surface area contributed by atoms with E-state index in [-0.39, 0.29) is 11.8 Å². The number of nitrogens with one attached hydrogen (secondary N) is 1. The smallest absolute Gasteiger partial charge is 0.387 e. The van der Waals surface area contributed by atoms with Gasteiger partial charge >= 0.3 is 6.61 Å². The Kier molecular flexibility index (Phi) is 5.57. The van der Waals surface area contributed by atoms with Crippen LogP contribution in [0.25, 0.3) is 0 Å². The molecule has 1 aliphatic carbocycles. The van der Waals surface area contributed by atoms with E-state index in [4.69, 9.17) is 0 Å². The van der Waals surface area contributed by atoms with Crippen LogP contribution in [0.1, 0.15) is 51.6 Å². The second kappa shape index (κ2) is 7.21. The molecule has 2 rings (SSSR count). The van der Waals surface area contributed by atoms with Crippen molar-refractivity contribution in [2.24, 2.45) is 11.8 Å². The maximum atomic E-state index is 12.5. The van der Waals surface area contributed by atoms with E-state index in [1.165, 1.54) is 12.8 Å². The number of alkyl halides is 2. The number of hydrogen-bond acceptors (Lipinski definition) is 2. The summed E-state index contributed by atoms with van der Waals surface area (Å²) in [6.07, 6.45) is 3.59. The maximum Gasteiger partial charge on any atom is 0.387 e. The van der Waals surface area contributed by atoms with Gasteiger partial charge in [0.25, 0.3) is 0 Å². The maximum absolute atomic E-state index is 12.5. The summed E-state index contributed by atoms with van der Waals surface area (Å²) in [5.74, 6) is 1.66. The second-order valence-corrected chi connectivity index (χ2v) is 6.31. The van der Waals surface area contributed by atoms with Crippen molar-refractivity contribution in [3.05, 3.63) is 29.8 Å². The van der Waals surface area contributed by atoms with Gasteiger partial charge in [0.05, 0.1) is 0 Å². The van der Waals surface area contributed by atoms with E-state index in [0.717, 1.165) is 17.9 Å².